The van der Waals surface area contributed by atoms with E-state index in [-0.39, 0.29) is 18.2 Å². The predicted molar refractivity (Wildman–Crippen MR) is 82.7 cm³/mol. The minimum atomic E-state index is -4.22. The number of aryl methyl sites for hydroxylation is 2. The molecule has 2 N–H and O–H groups in total. The van der Waals surface area contributed by atoms with E-state index in [1.165, 1.54) is 12.1 Å². The Morgan fingerprint density at radius 3 is 2.14 bits per heavy atom. The SMILES string of the molecule is Cc1cc(O)cc(C)c1[C@H](CC(F)(F)F)N1CCNCC1.Cl. The molecule has 1 aliphatic rings. The van der Waals surface area contributed by atoms with Crippen molar-refractivity contribution in [1.29, 1.82) is 0 Å². The van der Waals surface area contributed by atoms with Gasteiger partial charge >= 0.3 is 6.18 Å². The van der Waals surface area contributed by atoms with Crippen molar-refractivity contribution in [3.05, 3.63) is 28.8 Å². The first-order valence-electron chi connectivity index (χ1n) is 7.09. The first-order chi connectivity index (χ1) is 9.78. The molecule has 126 valence electrons. The van der Waals surface area contributed by atoms with Gasteiger partial charge in [0.1, 0.15) is 5.75 Å². The predicted octanol–water partition coefficient (Wildman–Crippen LogP) is 3.33. The number of aromatic hydroxyl groups is 1. The summed E-state index contributed by atoms with van der Waals surface area (Å²) in [5, 5.41) is 12.8. The van der Waals surface area contributed by atoms with Gasteiger partial charge in [0.05, 0.1) is 6.42 Å². The Labute approximate surface area is 134 Å². The third kappa shape index (κ3) is 4.76. The smallest absolute Gasteiger partial charge is 0.390 e. The largest absolute Gasteiger partial charge is 0.508 e. The Hall–Kier alpha value is -0.980. The fourth-order valence-electron chi connectivity index (χ4n) is 3.10. The molecule has 1 aromatic rings. The summed E-state index contributed by atoms with van der Waals surface area (Å²) in [6, 6.07) is 2.38. The average Bonchev–Trinajstić information content (AvgIpc) is 2.36. The van der Waals surface area contributed by atoms with E-state index in [1.54, 1.807) is 13.8 Å². The van der Waals surface area contributed by atoms with Crippen LogP contribution in [0, 0.1) is 13.8 Å². The molecule has 1 aromatic carbocycles. The number of hydrogen-bond acceptors (Lipinski definition) is 3. The topological polar surface area (TPSA) is 35.5 Å². The second-order valence-electron chi connectivity index (χ2n) is 5.61. The van der Waals surface area contributed by atoms with Crippen LogP contribution in [0.2, 0.25) is 0 Å². The van der Waals surface area contributed by atoms with E-state index in [9.17, 15) is 18.3 Å². The summed E-state index contributed by atoms with van der Waals surface area (Å²) in [6.07, 6.45) is -5.08. The molecule has 0 unspecified atom stereocenters. The lowest BCUT2D eigenvalue weighted by Crippen LogP contribution is -2.46. The molecule has 3 nitrogen and oxygen atoms in total. The highest BCUT2D eigenvalue weighted by molar-refractivity contribution is 5.85. The molecule has 7 heteroatoms. The van der Waals surface area contributed by atoms with Gasteiger partial charge in [-0.2, -0.15) is 13.2 Å². The van der Waals surface area contributed by atoms with Gasteiger partial charge in [-0.25, -0.2) is 0 Å². The molecule has 0 saturated carbocycles. The summed E-state index contributed by atoms with van der Waals surface area (Å²) in [5.41, 5.74) is 2.10. The highest BCUT2D eigenvalue weighted by Gasteiger charge is 2.37. The van der Waals surface area contributed by atoms with Crippen LogP contribution in [-0.2, 0) is 0 Å². The van der Waals surface area contributed by atoms with Gasteiger partial charge in [0.15, 0.2) is 0 Å². The number of rotatable bonds is 3. The number of piperazine rings is 1. The van der Waals surface area contributed by atoms with Gasteiger partial charge in [-0.3, -0.25) is 4.90 Å². The van der Waals surface area contributed by atoms with Crippen LogP contribution < -0.4 is 5.32 Å². The summed E-state index contributed by atoms with van der Waals surface area (Å²) in [5.74, 6) is 0.0971. The van der Waals surface area contributed by atoms with Crippen LogP contribution in [-0.4, -0.2) is 42.4 Å². The van der Waals surface area contributed by atoms with Gasteiger partial charge in [-0.1, -0.05) is 0 Å². The zero-order valence-electron chi connectivity index (χ0n) is 12.7. The average molecular weight is 339 g/mol. The third-order valence-electron chi connectivity index (χ3n) is 3.93. The standard InChI is InChI=1S/C15H21F3N2O.ClH/c1-10-7-12(21)8-11(2)14(10)13(9-15(16,17)18)20-5-3-19-4-6-20;/h7-8,13,19,21H,3-6,9H2,1-2H3;1H/t13-;/m0./s1. The van der Waals surface area contributed by atoms with Crippen LogP contribution in [0.3, 0.4) is 0 Å². The van der Waals surface area contributed by atoms with Crippen molar-refractivity contribution in [3.8, 4) is 5.75 Å². The summed E-state index contributed by atoms with van der Waals surface area (Å²) < 4.78 is 39.0. The minimum absolute atomic E-state index is 0. The highest BCUT2D eigenvalue weighted by Crippen LogP contribution is 2.38. The Balaban J connectivity index is 0.00000242. The second kappa shape index (κ2) is 7.53. The Morgan fingerprint density at radius 1 is 1.18 bits per heavy atom. The van der Waals surface area contributed by atoms with Crippen LogP contribution in [0.4, 0.5) is 13.2 Å². The molecule has 0 aromatic heterocycles. The van der Waals surface area contributed by atoms with Crippen LogP contribution in [0.5, 0.6) is 5.75 Å². The molecule has 2 rings (SSSR count). The van der Waals surface area contributed by atoms with E-state index in [2.05, 4.69) is 5.32 Å². The van der Waals surface area contributed by atoms with Crippen molar-refractivity contribution in [2.45, 2.75) is 32.5 Å². The molecule has 0 aliphatic carbocycles. The summed E-state index contributed by atoms with van der Waals surface area (Å²) in [7, 11) is 0. The minimum Gasteiger partial charge on any atom is -0.508 e. The van der Waals surface area contributed by atoms with Gasteiger partial charge in [-0.15, -0.1) is 12.4 Å². The summed E-state index contributed by atoms with van der Waals surface area (Å²) in [6.45, 7) is 6.11. The van der Waals surface area contributed by atoms with E-state index in [4.69, 9.17) is 0 Å². The normalized spacial score (nSPS) is 17.9. The van der Waals surface area contributed by atoms with Gasteiger partial charge in [0.2, 0.25) is 0 Å². The van der Waals surface area contributed by atoms with Crippen molar-refractivity contribution >= 4 is 12.4 Å². The number of phenolic OH excluding ortho intramolecular Hbond substituents is 1. The summed E-state index contributed by atoms with van der Waals surface area (Å²) in [4.78, 5) is 1.89. The third-order valence-corrected chi connectivity index (χ3v) is 3.93. The molecule has 1 aliphatic heterocycles. The second-order valence-corrected chi connectivity index (χ2v) is 5.61. The molecule has 0 radical (unpaired) electrons. The quantitative estimate of drug-likeness (QED) is 0.887. The fraction of sp³-hybridized carbons (Fsp3) is 0.600. The molecule has 0 amide bonds. The van der Waals surface area contributed by atoms with Crippen molar-refractivity contribution in [2.75, 3.05) is 26.2 Å². The summed E-state index contributed by atoms with van der Waals surface area (Å²) >= 11 is 0. The number of alkyl halides is 3. The zero-order chi connectivity index (χ0) is 15.6. The number of hydrogen-bond donors (Lipinski definition) is 2. The van der Waals surface area contributed by atoms with E-state index >= 15 is 0 Å². The van der Waals surface area contributed by atoms with Crippen molar-refractivity contribution < 1.29 is 18.3 Å². The highest BCUT2D eigenvalue weighted by atomic mass is 35.5. The maximum absolute atomic E-state index is 13.0. The van der Waals surface area contributed by atoms with E-state index in [1.807, 2.05) is 4.90 Å². The Bertz CT molecular complexity index is 479. The molecule has 0 spiro atoms. The van der Waals surface area contributed by atoms with Crippen LogP contribution in [0.1, 0.15) is 29.2 Å². The van der Waals surface area contributed by atoms with E-state index in [0.717, 1.165) is 0 Å². The number of nitrogens with zero attached hydrogens (tertiary/aromatic N) is 1. The molecule has 1 fully saturated rings. The van der Waals surface area contributed by atoms with Crippen molar-refractivity contribution in [2.24, 2.45) is 0 Å². The lowest BCUT2D eigenvalue weighted by molar-refractivity contribution is -0.148. The van der Waals surface area contributed by atoms with E-state index in [0.29, 0.717) is 42.9 Å². The first-order valence-corrected chi connectivity index (χ1v) is 7.09. The van der Waals surface area contributed by atoms with Gasteiger partial charge < -0.3 is 10.4 Å². The lowest BCUT2D eigenvalue weighted by Gasteiger charge is -2.37. The first kappa shape index (κ1) is 19.1. The number of nitrogens with one attached hydrogen (secondary N) is 1. The van der Waals surface area contributed by atoms with Crippen LogP contribution >= 0.6 is 12.4 Å². The maximum atomic E-state index is 13.0. The van der Waals surface area contributed by atoms with Gasteiger partial charge in [-0.05, 0) is 42.7 Å². The van der Waals surface area contributed by atoms with Crippen LogP contribution in [0.15, 0.2) is 12.1 Å². The fourth-order valence-corrected chi connectivity index (χ4v) is 3.10. The van der Waals surface area contributed by atoms with Crippen molar-refractivity contribution in [1.82, 2.24) is 10.2 Å². The molecule has 0 bridgehead atoms. The zero-order valence-corrected chi connectivity index (χ0v) is 13.5. The van der Waals surface area contributed by atoms with E-state index < -0.39 is 18.6 Å². The van der Waals surface area contributed by atoms with Crippen LogP contribution in [0.25, 0.3) is 0 Å². The maximum Gasteiger partial charge on any atom is 0.390 e. The van der Waals surface area contributed by atoms with Crippen molar-refractivity contribution in [3.63, 3.8) is 0 Å². The molecule has 1 heterocycles. The molecular formula is C15H22ClF3N2O. The van der Waals surface area contributed by atoms with Gasteiger partial charge in [0, 0.05) is 32.2 Å². The lowest BCUT2D eigenvalue weighted by atomic mass is 9.92. The monoisotopic (exact) mass is 338 g/mol. The number of halogens is 4. The molecular weight excluding hydrogens is 317 g/mol. The number of benzene rings is 1. The number of phenols is 1. The molecule has 1 atom stereocenters. The Morgan fingerprint density at radius 2 is 1.68 bits per heavy atom. The molecule has 22 heavy (non-hydrogen) atoms. The van der Waals surface area contributed by atoms with Gasteiger partial charge in [0.25, 0.3) is 0 Å². The Kier molecular flexibility index (Phi) is 6.52. The molecule has 1 saturated heterocycles.